The molecule has 208 valence electrons. The zero-order valence-electron chi connectivity index (χ0n) is 22.9. The Morgan fingerprint density at radius 3 is 1.49 bits per heavy atom. The van der Waals surface area contributed by atoms with Crippen LogP contribution in [0.15, 0.2) is 29.2 Å². The Hall–Kier alpha value is -2.40. The number of esters is 2. The molecule has 8 heteroatoms. The minimum Gasteiger partial charge on any atom is -0.469 e. The molecule has 0 unspecified atom stereocenters. The molecule has 0 bridgehead atoms. The van der Waals surface area contributed by atoms with E-state index in [0.29, 0.717) is 38.5 Å². The van der Waals surface area contributed by atoms with Gasteiger partial charge in [0.2, 0.25) is 0 Å². The lowest BCUT2D eigenvalue weighted by atomic mass is 9.94. The molecule has 37 heavy (non-hydrogen) atoms. The van der Waals surface area contributed by atoms with Gasteiger partial charge in [0.05, 0.1) is 25.2 Å². The van der Waals surface area contributed by atoms with Crippen molar-refractivity contribution in [2.75, 3.05) is 14.2 Å². The molecule has 0 amide bonds. The van der Waals surface area contributed by atoms with Crippen LogP contribution in [-0.4, -0.2) is 39.3 Å². The van der Waals surface area contributed by atoms with Crippen LogP contribution in [0.2, 0.25) is 0 Å². The fraction of sp³-hybridized carbons (Fsp3) is 0.690. The second kappa shape index (κ2) is 18.0. The Kier molecular flexibility index (Phi) is 15.8. The molecule has 0 aliphatic heterocycles. The molecule has 0 radical (unpaired) electrons. The van der Waals surface area contributed by atoms with Crippen molar-refractivity contribution in [3.63, 3.8) is 0 Å². The molecule has 0 aromatic heterocycles. The number of hydrogen-bond donors (Lipinski definition) is 0. The smallest absolute Gasteiger partial charge is 0.305 e. The summed E-state index contributed by atoms with van der Waals surface area (Å²) in [7, 11) is -1.04. The Labute approximate surface area is 223 Å². The standard InChI is InChI=1S/C29H45NO6S/c1-25-18-20-26(21-19-25)37(33,34)29(24-30,22-14-10-6-4-8-12-16-27(31)35-2)23-15-11-7-5-9-13-17-28(32)36-3/h18-21H,4-17,22-23H2,1-3H3. The molecule has 0 aliphatic rings. The molecule has 1 rings (SSSR count). The van der Waals surface area contributed by atoms with E-state index in [1.807, 2.05) is 6.92 Å². The van der Waals surface area contributed by atoms with Gasteiger partial charge in [-0.15, -0.1) is 0 Å². The number of rotatable bonds is 20. The van der Waals surface area contributed by atoms with Crippen LogP contribution in [0.3, 0.4) is 0 Å². The maximum absolute atomic E-state index is 13.7. The molecular formula is C29H45NO6S. The van der Waals surface area contributed by atoms with Gasteiger partial charge in [-0.1, -0.05) is 81.9 Å². The van der Waals surface area contributed by atoms with Crippen molar-refractivity contribution in [1.29, 1.82) is 5.26 Å². The number of methoxy groups -OCH3 is 2. The maximum Gasteiger partial charge on any atom is 0.305 e. The van der Waals surface area contributed by atoms with Crippen LogP contribution in [0, 0.1) is 18.3 Å². The van der Waals surface area contributed by atoms with Crippen molar-refractivity contribution in [2.24, 2.45) is 0 Å². The highest BCUT2D eigenvalue weighted by Gasteiger charge is 2.44. The van der Waals surface area contributed by atoms with Crippen LogP contribution in [0.1, 0.15) is 108 Å². The molecular weight excluding hydrogens is 490 g/mol. The third-order valence-electron chi connectivity index (χ3n) is 6.93. The number of nitrogens with zero attached hydrogens (tertiary/aromatic N) is 1. The van der Waals surface area contributed by atoms with Gasteiger partial charge in [-0.25, -0.2) is 8.42 Å². The Morgan fingerprint density at radius 2 is 1.11 bits per heavy atom. The summed E-state index contributed by atoms with van der Waals surface area (Å²) in [6, 6.07) is 9.01. The number of hydrogen-bond acceptors (Lipinski definition) is 7. The highest BCUT2D eigenvalue weighted by atomic mass is 32.2. The van der Waals surface area contributed by atoms with Crippen molar-refractivity contribution in [2.45, 2.75) is 119 Å². The van der Waals surface area contributed by atoms with E-state index in [1.165, 1.54) is 14.2 Å². The van der Waals surface area contributed by atoms with Crippen molar-refractivity contribution >= 4 is 21.8 Å². The largest absolute Gasteiger partial charge is 0.469 e. The second-order valence-corrected chi connectivity index (χ2v) is 12.1. The predicted octanol–water partition coefficient (Wildman–Crippen LogP) is 6.62. The number of sulfone groups is 1. The van der Waals surface area contributed by atoms with Crippen LogP contribution >= 0.6 is 0 Å². The quantitative estimate of drug-likeness (QED) is 0.136. The van der Waals surface area contributed by atoms with E-state index in [-0.39, 0.29) is 16.8 Å². The van der Waals surface area contributed by atoms with Crippen molar-refractivity contribution in [3.8, 4) is 6.07 Å². The van der Waals surface area contributed by atoms with Gasteiger partial charge in [0.1, 0.15) is 0 Å². The number of benzene rings is 1. The lowest BCUT2D eigenvalue weighted by Crippen LogP contribution is -2.37. The number of aryl methyl sites for hydroxylation is 1. The molecule has 7 nitrogen and oxygen atoms in total. The van der Waals surface area contributed by atoms with Gasteiger partial charge in [-0.2, -0.15) is 5.26 Å². The zero-order valence-corrected chi connectivity index (χ0v) is 23.7. The van der Waals surface area contributed by atoms with Crippen LogP contribution in [-0.2, 0) is 28.9 Å². The summed E-state index contributed by atoms with van der Waals surface area (Å²) in [5.41, 5.74) is 0.973. The molecule has 0 N–H and O–H groups in total. The van der Waals surface area contributed by atoms with E-state index in [0.717, 1.165) is 69.8 Å². The molecule has 1 aromatic carbocycles. The summed E-state index contributed by atoms with van der Waals surface area (Å²) < 4.78 is 35.2. The summed E-state index contributed by atoms with van der Waals surface area (Å²) >= 11 is 0. The average molecular weight is 536 g/mol. The first-order valence-corrected chi connectivity index (χ1v) is 15.1. The highest BCUT2D eigenvalue weighted by Crippen LogP contribution is 2.36. The van der Waals surface area contributed by atoms with Crippen LogP contribution < -0.4 is 0 Å². The van der Waals surface area contributed by atoms with Gasteiger partial charge in [-0.05, 0) is 44.7 Å². The minimum absolute atomic E-state index is 0.193. The normalized spacial score (nSPS) is 11.6. The summed E-state index contributed by atoms with van der Waals surface area (Å²) in [4.78, 5) is 22.6. The average Bonchev–Trinajstić information content (AvgIpc) is 2.90. The van der Waals surface area contributed by atoms with Crippen LogP contribution in [0.4, 0.5) is 0 Å². The summed E-state index contributed by atoms with van der Waals surface area (Å²) in [6.07, 6.45) is 11.8. The Morgan fingerprint density at radius 1 is 0.730 bits per heavy atom. The maximum atomic E-state index is 13.7. The summed E-state index contributed by atoms with van der Waals surface area (Å²) in [6.45, 7) is 1.91. The number of ether oxygens (including phenoxy) is 2. The van der Waals surface area contributed by atoms with Gasteiger partial charge < -0.3 is 9.47 Å². The van der Waals surface area contributed by atoms with Crippen LogP contribution in [0.5, 0.6) is 0 Å². The van der Waals surface area contributed by atoms with Crippen LogP contribution in [0.25, 0.3) is 0 Å². The van der Waals surface area contributed by atoms with Crippen molar-refractivity contribution in [1.82, 2.24) is 0 Å². The first-order valence-electron chi connectivity index (χ1n) is 13.6. The van der Waals surface area contributed by atoms with E-state index < -0.39 is 14.6 Å². The molecule has 0 aliphatic carbocycles. The second-order valence-electron chi connectivity index (χ2n) is 9.82. The number of carbonyl (C=O) groups excluding carboxylic acids is 2. The molecule has 0 saturated heterocycles. The van der Waals surface area contributed by atoms with E-state index in [9.17, 15) is 23.3 Å². The van der Waals surface area contributed by atoms with Gasteiger partial charge in [-0.3, -0.25) is 9.59 Å². The van der Waals surface area contributed by atoms with Gasteiger partial charge in [0.25, 0.3) is 0 Å². The molecule has 0 spiro atoms. The topological polar surface area (TPSA) is 111 Å². The summed E-state index contributed by atoms with van der Waals surface area (Å²) in [5.74, 6) is -0.386. The summed E-state index contributed by atoms with van der Waals surface area (Å²) in [5, 5.41) is 10.2. The van der Waals surface area contributed by atoms with Gasteiger partial charge in [0, 0.05) is 12.8 Å². The van der Waals surface area contributed by atoms with Crippen molar-refractivity contribution in [3.05, 3.63) is 29.8 Å². The Balaban J connectivity index is 2.67. The molecule has 0 saturated carbocycles. The van der Waals surface area contributed by atoms with Gasteiger partial charge in [0.15, 0.2) is 14.6 Å². The minimum atomic E-state index is -3.82. The van der Waals surface area contributed by atoms with E-state index in [1.54, 1.807) is 24.3 Å². The monoisotopic (exact) mass is 535 g/mol. The zero-order chi connectivity index (χ0) is 27.6. The highest BCUT2D eigenvalue weighted by molar-refractivity contribution is 7.93. The van der Waals surface area contributed by atoms with Gasteiger partial charge >= 0.3 is 11.9 Å². The first kappa shape index (κ1) is 32.6. The predicted molar refractivity (Wildman–Crippen MR) is 145 cm³/mol. The lowest BCUT2D eigenvalue weighted by Gasteiger charge is -2.27. The third kappa shape index (κ3) is 11.7. The third-order valence-corrected chi connectivity index (χ3v) is 9.35. The van der Waals surface area contributed by atoms with Crippen molar-refractivity contribution < 1.29 is 27.5 Å². The molecule has 1 aromatic rings. The molecule has 0 atom stereocenters. The number of nitriles is 1. The first-order chi connectivity index (χ1) is 17.7. The number of unbranched alkanes of at least 4 members (excludes halogenated alkanes) is 10. The van der Waals surface area contributed by atoms with E-state index in [2.05, 4.69) is 15.5 Å². The SMILES string of the molecule is COC(=O)CCCCCCCCC(C#N)(CCCCCCCCC(=O)OC)S(=O)(=O)c1ccc(C)cc1. The number of carbonyl (C=O) groups is 2. The molecule has 0 heterocycles. The fourth-order valence-corrected chi connectivity index (χ4v) is 6.38. The Bertz CT molecular complexity index is 918. The van der Waals surface area contributed by atoms with E-state index in [4.69, 9.17) is 0 Å². The van der Waals surface area contributed by atoms with E-state index >= 15 is 0 Å². The molecule has 0 fully saturated rings. The fourth-order valence-electron chi connectivity index (χ4n) is 4.49. The lowest BCUT2D eigenvalue weighted by molar-refractivity contribution is -0.141.